The Hall–Kier alpha value is -2.14. The summed E-state index contributed by atoms with van der Waals surface area (Å²) in [6.45, 7) is 1.93. The van der Waals surface area contributed by atoms with E-state index < -0.39 is 0 Å². The van der Waals surface area contributed by atoms with E-state index in [4.69, 9.17) is 4.52 Å². The van der Waals surface area contributed by atoms with Crippen LogP contribution in [0.3, 0.4) is 0 Å². The van der Waals surface area contributed by atoms with Crippen LogP contribution in [0.2, 0.25) is 0 Å². The molecule has 0 aliphatic carbocycles. The van der Waals surface area contributed by atoms with Gasteiger partial charge in [-0.15, -0.1) is 0 Å². The number of nitrogens with zero attached hydrogens (tertiary/aromatic N) is 2. The molecule has 0 aliphatic rings. The van der Waals surface area contributed by atoms with Gasteiger partial charge in [-0.25, -0.2) is 4.39 Å². The molecule has 0 bridgehead atoms. The molecule has 0 aliphatic heterocycles. The minimum atomic E-state index is -0.254. The molecule has 1 unspecified atom stereocenters. The normalized spacial score (nSPS) is 12.3. The maximum absolute atomic E-state index is 14.5. The highest BCUT2D eigenvalue weighted by Gasteiger charge is 2.18. The molecular formula is C18H17FN2OS. The number of halogens is 1. The second-order valence-corrected chi connectivity index (χ2v) is 5.80. The molecule has 0 radical (unpaired) electrons. The zero-order chi connectivity index (χ0) is 16.2. The van der Waals surface area contributed by atoms with Gasteiger partial charge < -0.3 is 4.52 Å². The molecule has 0 saturated heterocycles. The lowest BCUT2D eigenvalue weighted by atomic mass is 9.97. The predicted octanol–water partition coefficient (Wildman–Crippen LogP) is 4.50. The van der Waals surface area contributed by atoms with Gasteiger partial charge in [0, 0.05) is 12.0 Å². The molecular weight excluding hydrogens is 311 g/mol. The van der Waals surface area contributed by atoms with E-state index in [2.05, 4.69) is 22.8 Å². The summed E-state index contributed by atoms with van der Waals surface area (Å²) in [6, 6.07) is 14.7. The Morgan fingerprint density at radius 1 is 1.17 bits per heavy atom. The van der Waals surface area contributed by atoms with Crippen molar-refractivity contribution >= 4 is 12.6 Å². The van der Waals surface area contributed by atoms with Crippen molar-refractivity contribution in [3.63, 3.8) is 0 Å². The van der Waals surface area contributed by atoms with E-state index in [0.717, 1.165) is 11.1 Å². The first-order valence-electron chi connectivity index (χ1n) is 7.47. The molecule has 0 spiro atoms. The van der Waals surface area contributed by atoms with Gasteiger partial charge in [0.15, 0.2) is 5.82 Å². The maximum atomic E-state index is 14.5. The van der Waals surface area contributed by atoms with Crippen LogP contribution in [0.25, 0.3) is 11.1 Å². The summed E-state index contributed by atoms with van der Waals surface area (Å²) in [6.07, 6.45) is 0.653. The molecule has 0 amide bonds. The summed E-state index contributed by atoms with van der Waals surface area (Å²) in [5.74, 6) is 1.37. The van der Waals surface area contributed by atoms with Crippen LogP contribution in [-0.2, 0) is 6.42 Å². The molecule has 3 rings (SSSR count). The van der Waals surface area contributed by atoms with Crippen molar-refractivity contribution in [2.75, 3.05) is 5.75 Å². The first-order valence-corrected chi connectivity index (χ1v) is 8.10. The van der Waals surface area contributed by atoms with Gasteiger partial charge in [0.25, 0.3) is 0 Å². The van der Waals surface area contributed by atoms with Crippen molar-refractivity contribution in [1.29, 1.82) is 0 Å². The van der Waals surface area contributed by atoms with Gasteiger partial charge in [0.1, 0.15) is 5.82 Å². The third kappa shape index (κ3) is 3.45. The maximum Gasteiger partial charge on any atom is 0.233 e. The third-order valence-electron chi connectivity index (χ3n) is 3.77. The molecule has 0 fully saturated rings. The topological polar surface area (TPSA) is 38.9 Å². The Kier molecular flexibility index (Phi) is 4.76. The Bertz CT molecular complexity index is 789. The second kappa shape index (κ2) is 6.96. The van der Waals surface area contributed by atoms with Crippen molar-refractivity contribution < 1.29 is 8.91 Å². The zero-order valence-corrected chi connectivity index (χ0v) is 13.6. The standard InChI is InChI=1S/C18H17FN2OS/c1-12(18-20-17(9-10-23)21-22-18)14-7-8-15(16(19)11-14)13-5-3-2-4-6-13/h2-8,11-12,23H,9-10H2,1H3. The Labute approximate surface area is 140 Å². The molecule has 1 heterocycles. The summed E-state index contributed by atoms with van der Waals surface area (Å²) in [5.41, 5.74) is 2.25. The van der Waals surface area contributed by atoms with Crippen LogP contribution in [0.15, 0.2) is 53.1 Å². The van der Waals surface area contributed by atoms with Gasteiger partial charge in [-0.1, -0.05) is 47.6 Å². The number of thiol groups is 1. The molecule has 5 heteroatoms. The van der Waals surface area contributed by atoms with Gasteiger partial charge in [0.05, 0.1) is 5.92 Å². The van der Waals surface area contributed by atoms with E-state index in [1.54, 1.807) is 6.07 Å². The van der Waals surface area contributed by atoms with E-state index in [1.165, 1.54) is 6.07 Å². The first-order chi connectivity index (χ1) is 11.2. The van der Waals surface area contributed by atoms with Crippen LogP contribution in [0, 0.1) is 5.82 Å². The number of hydrogen-bond acceptors (Lipinski definition) is 4. The highest BCUT2D eigenvalue weighted by atomic mass is 32.1. The van der Waals surface area contributed by atoms with Gasteiger partial charge in [-0.05, 0) is 29.9 Å². The van der Waals surface area contributed by atoms with Crippen LogP contribution in [0.5, 0.6) is 0 Å². The van der Waals surface area contributed by atoms with Gasteiger partial charge in [-0.3, -0.25) is 0 Å². The lowest BCUT2D eigenvalue weighted by Crippen LogP contribution is -1.99. The van der Waals surface area contributed by atoms with Crippen LogP contribution >= 0.6 is 12.6 Å². The summed E-state index contributed by atoms with van der Waals surface area (Å²) >= 11 is 4.15. The van der Waals surface area contributed by atoms with Gasteiger partial charge >= 0.3 is 0 Å². The van der Waals surface area contributed by atoms with E-state index in [0.29, 0.717) is 29.5 Å². The van der Waals surface area contributed by atoms with Crippen molar-refractivity contribution in [3.8, 4) is 11.1 Å². The fraction of sp³-hybridized carbons (Fsp3) is 0.222. The molecule has 118 valence electrons. The average Bonchev–Trinajstić information content (AvgIpc) is 3.04. The van der Waals surface area contributed by atoms with Gasteiger partial charge in [-0.2, -0.15) is 17.6 Å². The lowest BCUT2D eigenvalue weighted by Gasteiger charge is -2.10. The largest absolute Gasteiger partial charge is 0.339 e. The highest BCUT2D eigenvalue weighted by Crippen LogP contribution is 2.28. The summed E-state index contributed by atoms with van der Waals surface area (Å²) in [7, 11) is 0. The molecule has 2 aromatic carbocycles. The summed E-state index contributed by atoms with van der Waals surface area (Å²) in [5, 5.41) is 3.91. The molecule has 3 aromatic rings. The van der Waals surface area contributed by atoms with Crippen molar-refractivity contribution in [1.82, 2.24) is 10.1 Å². The Morgan fingerprint density at radius 3 is 2.65 bits per heavy atom. The lowest BCUT2D eigenvalue weighted by molar-refractivity contribution is 0.365. The van der Waals surface area contributed by atoms with Crippen LogP contribution in [0.4, 0.5) is 4.39 Å². The smallest absolute Gasteiger partial charge is 0.233 e. The number of benzene rings is 2. The SMILES string of the molecule is CC(c1ccc(-c2ccccc2)c(F)c1)c1nc(CCS)no1. The Morgan fingerprint density at radius 2 is 1.96 bits per heavy atom. The van der Waals surface area contributed by atoms with E-state index in [1.807, 2.05) is 43.3 Å². The predicted molar refractivity (Wildman–Crippen MR) is 91.2 cm³/mol. The first kappa shape index (κ1) is 15.7. The highest BCUT2D eigenvalue weighted by molar-refractivity contribution is 7.80. The molecule has 3 nitrogen and oxygen atoms in total. The quantitative estimate of drug-likeness (QED) is 0.701. The van der Waals surface area contributed by atoms with Crippen molar-refractivity contribution in [3.05, 3.63) is 71.6 Å². The van der Waals surface area contributed by atoms with Crippen LogP contribution < -0.4 is 0 Å². The fourth-order valence-corrected chi connectivity index (χ4v) is 2.64. The average molecular weight is 328 g/mol. The molecule has 1 atom stereocenters. The van der Waals surface area contributed by atoms with E-state index >= 15 is 0 Å². The van der Waals surface area contributed by atoms with Gasteiger partial charge in [0.2, 0.25) is 5.89 Å². The Balaban J connectivity index is 1.87. The molecule has 23 heavy (non-hydrogen) atoms. The van der Waals surface area contributed by atoms with E-state index in [9.17, 15) is 4.39 Å². The molecule has 0 N–H and O–H groups in total. The van der Waals surface area contributed by atoms with E-state index in [-0.39, 0.29) is 11.7 Å². The summed E-state index contributed by atoms with van der Waals surface area (Å²) < 4.78 is 19.7. The molecule has 0 saturated carbocycles. The minimum Gasteiger partial charge on any atom is -0.339 e. The van der Waals surface area contributed by atoms with Crippen LogP contribution in [0.1, 0.15) is 30.1 Å². The van der Waals surface area contributed by atoms with Crippen molar-refractivity contribution in [2.24, 2.45) is 0 Å². The minimum absolute atomic E-state index is 0.157. The number of aromatic nitrogens is 2. The number of aryl methyl sites for hydroxylation is 1. The number of rotatable bonds is 5. The second-order valence-electron chi connectivity index (χ2n) is 5.35. The summed E-state index contributed by atoms with van der Waals surface area (Å²) in [4.78, 5) is 4.34. The monoisotopic (exact) mass is 328 g/mol. The number of hydrogen-bond donors (Lipinski definition) is 1. The van der Waals surface area contributed by atoms with Crippen LogP contribution in [-0.4, -0.2) is 15.9 Å². The van der Waals surface area contributed by atoms with Crippen molar-refractivity contribution in [2.45, 2.75) is 19.3 Å². The molecule has 1 aromatic heterocycles. The zero-order valence-electron chi connectivity index (χ0n) is 12.7. The third-order valence-corrected chi connectivity index (χ3v) is 3.99. The fourth-order valence-electron chi connectivity index (χ4n) is 2.44.